The van der Waals surface area contributed by atoms with E-state index in [-0.39, 0.29) is 0 Å². The minimum absolute atomic E-state index is 1.27. The SMILES string of the molecule is Cc1ccc(Sc2ccccc2)c(-c2ccccc2)c1. The Kier molecular flexibility index (Phi) is 3.89. The molecule has 0 atom stereocenters. The molecule has 20 heavy (non-hydrogen) atoms. The van der Waals surface area contributed by atoms with Gasteiger partial charge in [0.05, 0.1) is 0 Å². The molecule has 0 aliphatic heterocycles. The van der Waals surface area contributed by atoms with Gasteiger partial charge >= 0.3 is 0 Å². The van der Waals surface area contributed by atoms with Gasteiger partial charge in [-0.15, -0.1) is 0 Å². The standard InChI is InChI=1S/C19H16S/c1-15-12-13-19(20-17-10-6-3-7-11-17)18(14-15)16-8-4-2-5-9-16/h2-14H,1H3. The fourth-order valence-corrected chi connectivity index (χ4v) is 3.16. The third kappa shape index (κ3) is 2.94. The summed E-state index contributed by atoms with van der Waals surface area (Å²) in [7, 11) is 0. The molecule has 3 aromatic carbocycles. The molecule has 3 aromatic rings. The van der Waals surface area contributed by atoms with Crippen molar-refractivity contribution in [2.45, 2.75) is 16.7 Å². The van der Waals surface area contributed by atoms with E-state index < -0.39 is 0 Å². The zero-order valence-electron chi connectivity index (χ0n) is 11.4. The monoisotopic (exact) mass is 276 g/mol. The molecule has 0 heterocycles. The Labute approximate surface area is 124 Å². The van der Waals surface area contributed by atoms with Crippen molar-refractivity contribution in [2.24, 2.45) is 0 Å². The Morgan fingerprint density at radius 2 is 1.35 bits per heavy atom. The second-order valence-corrected chi connectivity index (χ2v) is 5.90. The molecule has 0 aliphatic rings. The molecule has 0 amide bonds. The lowest BCUT2D eigenvalue weighted by molar-refractivity contribution is 1.36. The van der Waals surface area contributed by atoms with Gasteiger partial charge in [0.1, 0.15) is 0 Å². The van der Waals surface area contributed by atoms with Crippen LogP contribution in [0.15, 0.2) is 88.7 Å². The van der Waals surface area contributed by atoms with Crippen LogP contribution in [-0.2, 0) is 0 Å². The largest absolute Gasteiger partial charge is 0.0895 e. The van der Waals surface area contributed by atoms with Crippen molar-refractivity contribution in [1.29, 1.82) is 0 Å². The quantitative estimate of drug-likeness (QED) is 0.581. The number of rotatable bonds is 3. The third-order valence-corrected chi connectivity index (χ3v) is 4.27. The fraction of sp³-hybridized carbons (Fsp3) is 0.0526. The van der Waals surface area contributed by atoms with Gasteiger partial charge in [0.25, 0.3) is 0 Å². The van der Waals surface area contributed by atoms with Crippen LogP contribution >= 0.6 is 11.8 Å². The normalized spacial score (nSPS) is 10.4. The van der Waals surface area contributed by atoms with Gasteiger partial charge in [0.15, 0.2) is 0 Å². The van der Waals surface area contributed by atoms with Crippen LogP contribution in [0.2, 0.25) is 0 Å². The molecular formula is C19H16S. The van der Waals surface area contributed by atoms with E-state index in [4.69, 9.17) is 0 Å². The van der Waals surface area contributed by atoms with Crippen molar-refractivity contribution in [3.05, 3.63) is 84.4 Å². The van der Waals surface area contributed by atoms with Crippen LogP contribution in [0, 0.1) is 6.92 Å². The molecule has 0 saturated carbocycles. The van der Waals surface area contributed by atoms with Crippen molar-refractivity contribution in [3.63, 3.8) is 0 Å². The van der Waals surface area contributed by atoms with E-state index in [1.807, 2.05) is 11.8 Å². The van der Waals surface area contributed by atoms with Gasteiger partial charge in [-0.1, -0.05) is 78.0 Å². The zero-order chi connectivity index (χ0) is 13.8. The summed E-state index contributed by atoms with van der Waals surface area (Å²) in [5.74, 6) is 0. The molecule has 0 nitrogen and oxygen atoms in total. The highest BCUT2D eigenvalue weighted by molar-refractivity contribution is 7.99. The third-order valence-electron chi connectivity index (χ3n) is 3.19. The lowest BCUT2D eigenvalue weighted by atomic mass is 10.0. The van der Waals surface area contributed by atoms with Gasteiger partial charge in [-0.25, -0.2) is 0 Å². The van der Waals surface area contributed by atoms with Crippen molar-refractivity contribution < 1.29 is 0 Å². The van der Waals surface area contributed by atoms with Gasteiger partial charge in [-0.3, -0.25) is 0 Å². The summed E-state index contributed by atoms with van der Waals surface area (Å²) >= 11 is 1.82. The summed E-state index contributed by atoms with van der Waals surface area (Å²) in [4.78, 5) is 2.57. The summed E-state index contributed by atoms with van der Waals surface area (Å²) in [5.41, 5.74) is 3.87. The van der Waals surface area contributed by atoms with Crippen LogP contribution < -0.4 is 0 Å². The summed E-state index contributed by atoms with van der Waals surface area (Å²) in [6, 6.07) is 27.8. The van der Waals surface area contributed by atoms with E-state index in [0.29, 0.717) is 0 Å². The molecule has 0 radical (unpaired) electrons. The summed E-state index contributed by atoms with van der Waals surface area (Å²) in [6.45, 7) is 2.14. The van der Waals surface area contributed by atoms with Crippen LogP contribution in [0.3, 0.4) is 0 Å². The van der Waals surface area contributed by atoms with E-state index in [2.05, 4.69) is 85.8 Å². The maximum Gasteiger partial charge on any atom is 0.0201 e. The molecule has 0 spiro atoms. The predicted octanol–water partition coefficient (Wildman–Crippen LogP) is 5.81. The molecular weight excluding hydrogens is 260 g/mol. The minimum Gasteiger partial charge on any atom is -0.0895 e. The van der Waals surface area contributed by atoms with E-state index in [9.17, 15) is 0 Å². The number of hydrogen-bond donors (Lipinski definition) is 0. The number of benzene rings is 3. The number of hydrogen-bond acceptors (Lipinski definition) is 1. The van der Waals surface area contributed by atoms with Crippen LogP contribution in [-0.4, -0.2) is 0 Å². The van der Waals surface area contributed by atoms with Gasteiger partial charge < -0.3 is 0 Å². The Hall–Kier alpha value is -1.99. The Bertz CT molecular complexity index is 687. The molecule has 0 aliphatic carbocycles. The van der Waals surface area contributed by atoms with Gasteiger partial charge in [0.2, 0.25) is 0 Å². The summed E-state index contributed by atoms with van der Waals surface area (Å²) < 4.78 is 0. The van der Waals surface area contributed by atoms with Crippen molar-refractivity contribution in [2.75, 3.05) is 0 Å². The Morgan fingerprint density at radius 3 is 2.05 bits per heavy atom. The number of aryl methyl sites for hydroxylation is 1. The Morgan fingerprint density at radius 1 is 0.700 bits per heavy atom. The molecule has 0 aromatic heterocycles. The maximum absolute atomic E-state index is 2.26. The van der Waals surface area contributed by atoms with E-state index >= 15 is 0 Å². The minimum atomic E-state index is 1.27. The second-order valence-electron chi connectivity index (χ2n) is 4.78. The average molecular weight is 276 g/mol. The molecule has 0 saturated heterocycles. The fourth-order valence-electron chi connectivity index (χ4n) is 2.19. The molecule has 1 heteroatoms. The van der Waals surface area contributed by atoms with Gasteiger partial charge in [0, 0.05) is 9.79 Å². The highest BCUT2D eigenvalue weighted by Gasteiger charge is 2.06. The van der Waals surface area contributed by atoms with Gasteiger partial charge in [-0.05, 0) is 36.2 Å². The molecule has 98 valence electrons. The smallest absolute Gasteiger partial charge is 0.0201 e. The second kappa shape index (κ2) is 5.98. The van der Waals surface area contributed by atoms with Crippen LogP contribution in [0.1, 0.15) is 5.56 Å². The average Bonchev–Trinajstić information content (AvgIpc) is 2.51. The molecule has 0 bridgehead atoms. The van der Waals surface area contributed by atoms with Crippen molar-refractivity contribution in [3.8, 4) is 11.1 Å². The lowest BCUT2D eigenvalue weighted by Gasteiger charge is -2.10. The van der Waals surface area contributed by atoms with E-state index in [1.165, 1.54) is 26.5 Å². The highest BCUT2D eigenvalue weighted by atomic mass is 32.2. The molecule has 0 N–H and O–H groups in total. The van der Waals surface area contributed by atoms with Crippen molar-refractivity contribution in [1.82, 2.24) is 0 Å². The first-order valence-corrected chi connectivity index (χ1v) is 7.53. The molecule has 3 rings (SSSR count). The Balaban J connectivity index is 2.03. The van der Waals surface area contributed by atoms with Crippen LogP contribution in [0.4, 0.5) is 0 Å². The first kappa shape index (κ1) is 13.0. The van der Waals surface area contributed by atoms with E-state index in [1.54, 1.807) is 0 Å². The molecule has 0 fully saturated rings. The maximum atomic E-state index is 2.26. The lowest BCUT2D eigenvalue weighted by Crippen LogP contribution is -1.84. The summed E-state index contributed by atoms with van der Waals surface area (Å²) in [6.07, 6.45) is 0. The first-order chi connectivity index (χ1) is 9.83. The highest BCUT2D eigenvalue weighted by Crippen LogP contribution is 2.36. The molecule has 0 unspecified atom stereocenters. The zero-order valence-corrected chi connectivity index (χ0v) is 12.2. The van der Waals surface area contributed by atoms with Gasteiger partial charge in [-0.2, -0.15) is 0 Å². The van der Waals surface area contributed by atoms with Crippen LogP contribution in [0.5, 0.6) is 0 Å². The van der Waals surface area contributed by atoms with Crippen LogP contribution in [0.25, 0.3) is 11.1 Å². The topological polar surface area (TPSA) is 0 Å². The predicted molar refractivity (Wildman–Crippen MR) is 87.2 cm³/mol. The van der Waals surface area contributed by atoms with E-state index in [0.717, 1.165) is 0 Å². The summed E-state index contributed by atoms with van der Waals surface area (Å²) in [5, 5.41) is 0. The van der Waals surface area contributed by atoms with Crippen molar-refractivity contribution >= 4 is 11.8 Å². The first-order valence-electron chi connectivity index (χ1n) is 6.72.